The summed E-state index contributed by atoms with van der Waals surface area (Å²) < 4.78 is 54.0. The van der Waals surface area contributed by atoms with Gasteiger partial charge in [0.15, 0.2) is 0 Å². The maximum atomic E-state index is 15.5. The van der Waals surface area contributed by atoms with E-state index in [1.54, 1.807) is 28.8 Å². The van der Waals surface area contributed by atoms with E-state index in [0.717, 1.165) is 18.6 Å². The first-order valence-electron chi connectivity index (χ1n) is 12.8. The van der Waals surface area contributed by atoms with Crippen molar-refractivity contribution in [1.82, 2.24) is 19.7 Å². The van der Waals surface area contributed by atoms with Gasteiger partial charge < -0.3 is 28.4 Å². The molecule has 0 aliphatic carbocycles. The molecule has 1 fully saturated rings. The number of aromatic nitrogens is 4. The molecule has 0 radical (unpaired) electrons. The molecule has 10 nitrogen and oxygen atoms in total. The molecule has 0 bridgehead atoms. The number of aromatic carboxylic acids is 1. The maximum absolute atomic E-state index is 15.5. The van der Waals surface area contributed by atoms with Crippen LogP contribution in [0.1, 0.15) is 33.9 Å². The molecular weight excluding hydrogens is 538 g/mol. The van der Waals surface area contributed by atoms with Crippen molar-refractivity contribution in [1.29, 1.82) is 0 Å². The van der Waals surface area contributed by atoms with E-state index in [4.69, 9.17) is 18.7 Å². The van der Waals surface area contributed by atoms with E-state index >= 15 is 8.78 Å². The molecule has 210 valence electrons. The van der Waals surface area contributed by atoms with Gasteiger partial charge in [-0.25, -0.2) is 23.5 Å². The minimum Gasteiger partial charge on any atom is -0.494 e. The highest BCUT2D eigenvalue weighted by Gasteiger charge is 2.25. The van der Waals surface area contributed by atoms with Crippen LogP contribution >= 0.6 is 0 Å². The molecule has 0 unspecified atom stereocenters. The summed E-state index contributed by atoms with van der Waals surface area (Å²) in [5.74, 6) is -1.52. The summed E-state index contributed by atoms with van der Waals surface area (Å²) in [7, 11) is 1.42. The van der Waals surface area contributed by atoms with Crippen molar-refractivity contribution in [2.75, 3.05) is 13.7 Å². The number of hydrogen-bond donors (Lipinski definition) is 1. The van der Waals surface area contributed by atoms with Crippen LogP contribution in [0, 0.1) is 11.6 Å². The number of methoxy groups -OCH3 is 1. The van der Waals surface area contributed by atoms with E-state index < -0.39 is 17.6 Å². The third kappa shape index (κ3) is 5.33. The van der Waals surface area contributed by atoms with Gasteiger partial charge in [0.25, 0.3) is 0 Å². The van der Waals surface area contributed by atoms with Gasteiger partial charge >= 0.3 is 5.97 Å². The Balaban J connectivity index is 1.33. The van der Waals surface area contributed by atoms with E-state index in [1.165, 1.54) is 25.5 Å². The Morgan fingerprint density at radius 1 is 1.15 bits per heavy atom. The summed E-state index contributed by atoms with van der Waals surface area (Å²) in [5, 5.41) is 13.4. The first-order chi connectivity index (χ1) is 19.9. The monoisotopic (exact) mass is 562 g/mol. The molecule has 1 N–H and O–H groups in total. The van der Waals surface area contributed by atoms with Gasteiger partial charge in [0.1, 0.15) is 47.3 Å². The lowest BCUT2D eigenvalue weighted by molar-refractivity contribution is -0.0589. The summed E-state index contributed by atoms with van der Waals surface area (Å²) in [6, 6.07) is 11.5. The number of imidazole rings is 1. The van der Waals surface area contributed by atoms with E-state index in [9.17, 15) is 9.90 Å². The van der Waals surface area contributed by atoms with E-state index in [-0.39, 0.29) is 53.1 Å². The van der Waals surface area contributed by atoms with Crippen LogP contribution in [0.4, 0.5) is 8.78 Å². The van der Waals surface area contributed by atoms with Crippen LogP contribution < -0.4 is 9.47 Å². The Labute approximate surface area is 232 Å². The van der Waals surface area contributed by atoms with Gasteiger partial charge in [-0.1, -0.05) is 11.2 Å². The highest BCUT2D eigenvalue weighted by Crippen LogP contribution is 2.32. The smallest absolute Gasteiger partial charge is 0.335 e. The van der Waals surface area contributed by atoms with Crippen LogP contribution in [0.2, 0.25) is 0 Å². The average Bonchev–Trinajstić information content (AvgIpc) is 3.58. The highest BCUT2D eigenvalue weighted by atomic mass is 19.1. The summed E-state index contributed by atoms with van der Waals surface area (Å²) in [4.78, 5) is 20.7. The Bertz CT molecular complexity index is 1730. The number of hydrogen-bond acceptors (Lipinski definition) is 8. The number of fused-ring (bicyclic) bond motifs is 1. The standard InChI is InChI=1S/C29H24F2N4O6/c1-38-25-11-17(29(36)37)10-24-28(25)33-26(35(24)14-19-6-7-39-19)12-16-9-22(31)20(13-21(16)30)23-3-2-4-27(32-23)40-15-18-5-8-41-34-18/h2-5,8-11,13,19H,6-7,12,14-15H2,1H3,(H,36,37)/t19-/m0/s1. The zero-order chi connectivity index (χ0) is 28.5. The number of carboxylic acid groups (broad SMARTS) is 1. The molecule has 0 amide bonds. The second-order valence-electron chi connectivity index (χ2n) is 9.51. The lowest BCUT2D eigenvalue weighted by atomic mass is 10.0. The lowest BCUT2D eigenvalue weighted by Crippen LogP contribution is -2.31. The number of rotatable bonds is 10. The van der Waals surface area contributed by atoms with Crippen molar-refractivity contribution in [2.24, 2.45) is 0 Å². The van der Waals surface area contributed by atoms with Gasteiger partial charge in [-0.15, -0.1) is 0 Å². The third-order valence-electron chi connectivity index (χ3n) is 6.89. The van der Waals surface area contributed by atoms with Crippen LogP contribution in [-0.2, 0) is 24.3 Å². The van der Waals surface area contributed by atoms with Gasteiger partial charge in [-0.3, -0.25) is 0 Å². The Kier molecular flexibility index (Phi) is 7.06. The number of carbonyl (C=O) groups is 1. The Morgan fingerprint density at radius 3 is 2.71 bits per heavy atom. The highest BCUT2D eigenvalue weighted by molar-refractivity contribution is 5.95. The van der Waals surface area contributed by atoms with Crippen LogP contribution in [0.3, 0.4) is 0 Å². The van der Waals surface area contributed by atoms with Crippen LogP contribution in [-0.4, -0.2) is 50.6 Å². The molecule has 0 saturated carbocycles. The minimum atomic E-state index is -1.12. The van der Waals surface area contributed by atoms with Crippen molar-refractivity contribution in [3.8, 4) is 22.9 Å². The normalized spacial score (nSPS) is 14.7. The number of nitrogens with zero attached hydrogens (tertiary/aromatic N) is 4. The molecule has 1 atom stereocenters. The zero-order valence-corrected chi connectivity index (χ0v) is 21.8. The van der Waals surface area contributed by atoms with Crippen LogP contribution in [0.5, 0.6) is 11.6 Å². The Hall–Kier alpha value is -4.84. The molecule has 41 heavy (non-hydrogen) atoms. The molecule has 5 aromatic rings. The second kappa shape index (κ2) is 11.0. The molecule has 2 aromatic carbocycles. The van der Waals surface area contributed by atoms with Crippen LogP contribution in [0.25, 0.3) is 22.3 Å². The van der Waals surface area contributed by atoms with Gasteiger partial charge in [0, 0.05) is 30.7 Å². The number of benzene rings is 2. The van der Waals surface area contributed by atoms with E-state index in [1.807, 2.05) is 0 Å². The largest absolute Gasteiger partial charge is 0.494 e. The molecule has 0 spiro atoms. The molecule has 1 saturated heterocycles. The van der Waals surface area contributed by atoms with Crippen molar-refractivity contribution in [3.63, 3.8) is 0 Å². The van der Waals surface area contributed by atoms with Crippen molar-refractivity contribution in [2.45, 2.75) is 32.1 Å². The SMILES string of the molecule is COc1cc(C(=O)O)cc2c1nc(Cc1cc(F)c(-c3cccc(OCc4ccon4)n3)cc1F)n2C[C@@H]1CCO1. The van der Waals surface area contributed by atoms with Crippen molar-refractivity contribution in [3.05, 3.63) is 89.1 Å². The zero-order valence-electron chi connectivity index (χ0n) is 21.8. The molecule has 12 heteroatoms. The molecule has 1 aliphatic heterocycles. The average molecular weight is 563 g/mol. The number of pyridine rings is 1. The van der Waals surface area contributed by atoms with Crippen LogP contribution in [0.15, 0.2) is 59.3 Å². The van der Waals surface area contributed by atoms with Gasteiger partial charge in [0.2, 0.25) is 5.88 Å². The topological polar surface area (TPSA) is 122 Å². The first kappa shape index (κ1) is 26.4. The minimum absolute atomic E-state index is 0.0257. The number of ether oxygens (including phenoxy) is 3. The summed E-state index contributed by atoms with van der Waals surface area (Å²) in [6.45, 7) is 1.11. The predicted molar refractivity (Wildman–Crippen MR) is 141 cm³/mol. The quantitative estimate of drug-likeness (QED) is 0.250. The number of carboxylic acids is 1. The van der Waals surface area contributed by atoms with Crippen molar-refractivity contribution < 1.29 is 37.4 Å². The second-order valence-corrected chi connectivity index (χ2v) is 9.51. The Morgan fingerprint density at radius 2 is 2.00 bits per heavy atom. The fourth-order valence-electron chi connectivity index (χ4n) is 4.68. The van der Waals surface area contributed by atoms with E-state index in [0.29, 0.717) is 35.7 Å². The molecule has 4 heterocycles. The summed E-state index contributed by atoms with van der Waals surface area (Å²) in [5.41, 5.74) is 1.78. The maximum Gasteiger partial charge on any atom is 0.335 e. The fraction of sp³-hybridized carbons (Fsp3) is 0.241. The molecule has 1 aliphatic rings. The molecule has 6 rings (SSSR count). The third-order valence-corrected chi connectivity index (χ3v) is 6.89. The van der Waals surface area contributed by atoms with Gasteiger partial charge in [0.05, 0.1) is 36.5 Å². The number of halogens is 2. The fourth-order valence-corrected chi connectivity index (χ4v) is 4.68. The van der Waals surface area contributed by atoms with Crippen molar-refractivity contribution >= 4 is 17.0 Å². The van der Waals surface area contributed by atoms with Gasteiger partial charge in [-0.05, 0) is 42.3 Å². The van der Waals surface area contributed by atoms with Gasteiger partial charge in [-0.2, -0.15) is 0 Å². The summed E-state index contributed by atoms with van der Waals surface area (Å²) in [6.07, 6.45) is 2.09. The lowest BCUT2D eigenvalue weighted by Gasteiger charge is -2.27. The predicted octanol–water partition coefficient (Wildman–Crippen LogP) is 5.03. The van der Waals surface area contributed by atoms with E-state index in [2.05, 4.69) is 15.1 Å². The first-order valence-corrected chi connectivity index (χ1v) is 12.8. The molecule has 3 aromatic heterocycles. The summed E-state index contributed by atoms with van der Waals surface area (Å²) >= 11 is 0. The molecular formula is C29H24F2N4O6.